The van der Waals surface area contributed by atoms with Crippen molar-refractivity contribution in [2.45, 2.75) is 11.8 Å². The second-order valence-corrected chi connectivity index (χ2v) is 8.88. The van der Waals surface area contributed by atoms with E-state index in [2.05, 4.69) is 10.0 Å². The summed E-state index contributed by atoms with van der Waals surface area (Å²) >= 11 is 0. The second kappa shape index (κ2) is 10.3. The first-order valence-electron chi connectivity index (χ1n) is 10.0. The van der Waals surface area contributed by atoms with Gasteiger partial charge in [0.1, 0.15) is 0 Å². The molecule has 0 heterocycles. The fourth-order valence-corrected chi connectivity index (χ4v) is 4.16. The highest BCUT2D eigenvalue weighted by Gasteiger charge is 2.20. The number of hydrogen-bond donors (Lipinski definition) is 2. The van der Waals surface area contributed by atoms with E-state index >= 15 is 0 Å². The zero-order valence-electron chi connectivity index (χ0n) is 19.0. The van der Waals surface area contributed by atoms with Crippen LogP contribution in [0.4, 0.5) is 11.4 Å². The maximum Gasteiger partial charge on any atom is 0.340 e. The lowest BCUT2D eigenvalue weighted by molar-refractivity contribution is 0.0601. The van der Waals surface area contributed by atoms with Crippen molar-refractivity contribution < 1.29 is 32.2 Å². The van der Waals surface area contributed by atoms with E-state index in [0.717, 1.165) is 5.56 Å². The minimum absolute atomic E-state index is 0.0599. The highest BCUT2D eigenvalue weighted by molar-refractivity contribution is 7.92. The zero-order chi connectivity index (χ0) is 24.9. The monoisotopic (exact) mass is 484 g/mol. The average molecular weight is 485 g/mol. The molecule has 0 saturated heterocycles. The molecule has 3 aromatic carbocycles. The number of ether oxygens (including phenoxy) is 3. The first-order chi connectivity index (χ1) is 16.2. The van der Waals surface area contributed by atoms with Crippen LogP contribution in [0.2, 0.25) is 0 Å². The van der Waals surface area contributed by atoms with Gasteiger partial charge in [-0.05, 0) is 37.3 Å². The minimum Gasteiger partial charge on any atom is -0.493 e. The number of methoxy groups -OCH3 is 3. The summed E-state index contributed by atoms with van der Waals surface area (Å²) in [5.41, 5.74) is 1.49. The van der Waals surface area contributed by atoms with Crippen molar-refractivity contribution in [3.8, 4) is 11.5 Å². The highest BCUT2D eigenvalue weighted by atomic mass is 32.2. The molecule has 0 bridgehead atoms. The van der Waals surface area contributed by atoms with Gasteiger partial charge < -0.3 is 19.5 Å². The van der Waals surface area contributed by atoms with E-state index in [0.29, 0.717) is 5.75 Å². The van der Waals surface area contributed by atoms with Crippen LogP contribution in [0.5, 0.6) is 11.5 Å². The summed E-state index contributed by atoms with van der Waals surface area (Å²) in [6.45, 7) is 1.86. The lowest BCUT2D eigenvalue weighted by atomic mass is 10.1. The molecule has 9 nitrogen and oxygen atoms in total. The lowest BCUT2D eigenvalue weighted by Gasteiger charge is -2.15. The number of rotatable bonds is 8. The molecule has 0 unspecified atom stereocenters. The molecular weight excluding hydrogens is 460 g/mol. The number of anilines is 2. The number of esters is 1. The molecule has 3 aromatic rings. The Labute approximate surface area is 197 Å². The number of carbonyl (C=O) groups is 2. The molecule has 0 aliphatic heterocycles. The van der Waals surface area contributed by atoms with Crippen molar-refractivity contribution in [3.05, 3.63) is 77.4 Å². The van der Waals surface area contributed by atoms with Gasteiger partial charge in [-0.3, -0.25) is 9.52 Å². The Hall–Kier alpha value is -4.05. The zero-order valence-corrected chi connectivity index (χ0v) is 19.9. The van der Waals surface area contributed by atoms with Crippen molar-refractivity contribution in [2.75, 3.05) is 31.4 Å². The van der Waals surface area contributed by atoms with Crippen LogP contribution in [-0.4, -0.2) is 41.6 Å². The van der Waals surface area contributed by atoms with E-state index in [1.54, 1.807) is 12.1 Å². The number of benzene rings is 3. The normalized spacial score (nSPS) is 10.8. The predicted octanol–water partition coefficient (Wildman–Crippen LogP) is 3.85. The summed E-state index contributed by atoms with van der Waals surface area (Å²) in [5, 5.41) is 2.64. The summed E-state index contributed by atoms with van der Waals surface area (Å²) in [7, 11) is 0.212. The van der Waals surface area contributed by atoms with Gasteiger partial charge in [0.15, 0.2) is 11.5 Å². The Morgan fingerprint density at radius 2 is 1.50 bits per heavy atom. The van der Waals surface area contributed by atoms with Gasteiger partial charge in [0.05, 0.1) is 37.5 Å². The second-order valence-electron chi connectivity index (χ2n) is 7.20. The first kappa shape index (κ1) is 24.6. The molecule has 0 radical (unpaired) electrons. The van der Waals surface area contributed by atoms with Crippen LogP contribution in [-0.2, 0) is 14.8 Å². The van der Waals surface area contributed by atoms with Gasteiger partial charge in [-0.1, -0.05) is 23.8 Å². The molecule has 0 spiro atoms. The third kappa shape index (κ3) is 5.46. The average Bonchev–Trinajstić information content (AvgIpc) is 2.83. The van der Waals surface area contributed by atoms with E-state index < -0.39 is 21.9 Å². The van der Waals surface area contributed by atoms with Crippen molar-refractivity contribution in [1.82, 2.24) is 0 Å². The quantitative estimate of drug-likeness (QED) is 0.466. The van der Waals surface area contributed by atoms with E-state index in [4.69, 9.17) is 14.2 Å². The highest BCUT2D eigenvalue weighted by Crippen LogP contribution is 2.34. The fraction of sp³-hybridized carbons (Fsp3) is 0.167. The standard InChI is InChI=1S/C24H24N2O7S/c1-15-8-10-18(11-9-15)34(29,30)26-17-7-5-6-16(12-17)23(27)25-20-14-22(32-3)21(31-2)13-19(20)24(28)33-4/h5-14,26H,1-4H3,(H,25,27). The smallest absolute Gasteiger partial charge is 0.340 e. The molecule has 0 atom stereocenters. The van der Waals surface area contributed by atoms with E-state index in [9.17, 15) is 18.0 Å². The van der Waals surface area contributed by atoms with Crippen LogP contribution in [0.1, 0.15) is 26.3 Å². The van der Waals surface area contributed by atoms with Gasteiger partial charge in [-0.2, -0.15) is 0 Å². The third-order valence-electron chi connectivity index (χ3n) is 4.89. The Kier molecular flexibility index (Phi) is 7.42. The number of amides is 1. The van der Waals surface area contributed by atoms with Gasteiger partial charge >= 0.3 is 5.97 Å². The van der Waals surface area contributed by atoms with Crippen LogP contribution < -0.4 is 19.5 Å². The lowest BCUT2D eigenvalue weighted by Crippen LogP contribution is -2.17. The third-order valence-corrected chi connectivity index (χ3v) is 6.28. The van der Waals surface area contributed by atoms with Gasteiger partial charge in [-0.25, -0.2) is 13.2 Å². The maximum absolute atomic E-state index is 12.9. The molecule has 2 N–H and O–H groups in total. The number of hydrogen-bond acceptors (Lipinski definition) is 7. The van der Waals surface area contributed by atoms with E-state index in [1.807, 2.05) is 6.92 Å². The maximum atomic E-state index is 12.9. The number of nitrogens with one attached hydrogen (secondary N) is 2. The minimum atomic E-state index is -3.84. The first-order valence-corrected chi connectivity index (χ1v) is 11.5. The summed E-state index contributed by atoms with van der Waals surface area (Å²) in [6, 6.07) is 15.2. The van der Waals surface area contributed by atoms with Crippen molar-refractivity contribution >= 4 is 33.3 Å². The fourth-order valence-electron chi connectivity index (χ4n) is 3.11. The van der Waals surface area contributed by atoms with Crippen molar-refractivity contribution in [1.29, 1.82) is 0 Å². The molecule has 0 aromatic heterocycles. The molecule has 0 aliphatic carbocycles. The van der Waals surface area contributed by atoms with Crippen molar-refractivity contribution in [2.24, 2.45) is 0 Å². The molecule has 3 rings (SSSR count). The molecule has 178 valence electrons. The SMILES string of the molecule is COC(=O)c1cc(OC)c(OC)cc1NC(=O)c1cccc(NS(=O)(=O)c2ccc(C)cc2)c1. The molecule has 0 aliphatic rings. The molecule has 0 saturated carbocycles. The number of carbonyl (C=O) groups excluding carboxylic acids is 2. The van der Waals surface area contributed by atoms with Crippen molar-refractivity contribution in [3.63, 3.8) is 0 Å². The molecule has 34 heavy (non-hydrogen) atoms. The van der Waals surface area contributed by atoms with Crippen LogP contribution in [0, 0.1) is 6.92 Å². The van der Waals surface area contributed by atoms with Gasteiger partial charge in [0, 0.05) is 23.4 Å². The van der Waals surface area contributed by atoms with E-state index in [-0.39, 0.29) is 33.1 Å². The van der Waals surface area contributed by atoms with Crippen LogP contribution in [0.3, 0.4) is 0 Å². The predicted molar refractivity (Wildman–Crippen MR) is 127 cm³/mol. The van der Waals surface area contributed by atoms with Gasteiger partial charge in [0.2, 0.25) is 0 Å². The van der Waals surface area contributed by atoms with Crippen LogP contribution in [0.25, 0.3) is 0 Å². The van der Waals surface area contributed by atoms with Gasteiger partial charge in [-0.15, -0.1) is 0 Å². The summed E-state index contributed by atoms with van der Waals surface area (Å²) in [6.07, 6.45) is 0. The Balaban J connectivity index is 1.88. The summed E-state index contributed by atoms with van der Waals surface area (Å²) in [4.78, 5) is 25.3. The summed E-state index contributed by atoms with van der Waals surface area (Å²) in [5.74, 6) is -0.678. The number of sulfonamides is 1. The molecule has 1 amide bonds. The van der Waals surface area contributed by atoms with Crippen LogP contribution in [0.15, 0.2) is 65.6 Å². The largest absolute Gasteiger partial charge is 0.493 e. The topological polar surface area (TPSA) is 120 Å². The Morgan fingerprint density at radius 1 is 0.853 bits per heavy atom. The molecule has 10 heteroatoms. The number of aryl methyl sites for hydroxylation is 1. The Bertz CT molecular complexity index is 1320. The van der Waals surface area contributed by atoms with E-state index in [1.165, 1.54) is 69.9 Å². The van der Waals surface area contributed by atoms with Crippen LogP contribution >= 0.6 is 0 Å². The summed E-state index contributed by atoms with van der Waals surface area (Å²) < 4.78 is 43.1. The molecular formula is C24H24N2O7S. The Morgan fingerprint density at radius 3 is 2.12 bits per heavy atom. The molecule has 0 fully saturated rings. The van der Waals surface area contributed by atoms with Gasteiger partial charge in [0.25, 0.3) is 15.9 Å².